The number of hydrogen-bond acceptors (Lipinski definition) is 1. The summed E-state index contributed by atoms with van der Waals surface area (Å²) in [5, 5.41) is 0. The van der Waals surface area contributed by atoms with Crippen LogP contribution in [0.1, 0.15) is 39.5 Å². The summed E-state index contributed by atoms with van der Waals surface area (Å²) < 4.78 is 0. The Labute approximate surface area is 87.5 Å². The molecule has 0 aliphatic heterocycles. The van der Waals surface area contributed by atoms with Gasteiger partial charge in [0.05, 0.1) is 0 Å². The van der Waals surface area contributed by atoms with Gasteiger partial charge in [-0.25, -0.2) is 0 Å². The number of hydrogen-bond donors (Lipinski definition) is 0. The summed E-state index contributed by atoms with van der Waals surface area (Å²) in [7, 11) is 0. The van der Waals surface area contributed by atoms with Gasteiger partial charge in [0.15, 0.2) is 0 Å². The second-order valence-corrected chi connectivity index (χ2v) is 4.17. The van der Waals surface area contributed by atoms with Crippen LogP contribution in [0.3, 0.4) is 0 Å². The molecule has 1 heteroatoms. The molecule has 0 aromatic rings. The molecule has 0 N–H and O–H groups in total. The first-order valence-corrected chi connectivity index (χ1v) is 6.45. The molecule has 13 heavy (non-hydrogen) atoms. The van der Waals surface area contributed by atoms with Gasteiger partial charge in [0.2, 0.25) is 0 Å². The minimum atomic E-state index is 1.17. The Bertz CT molecular complexity index is 120. The topological polar surface area (TPSA) is 0 Å². The first-order valence-electron chi connectivity index (χ1n) is 5.29. The quantitative estimate of drug-likeness (QED) is 0.410. The molecule has 0 radical (unpaired) electrons. The van der Waals surface area contributed by atoms with Crippen molar-refractivity contribution in [2.24, 2.45) is 0 Å². The third-order valence-corrected chi connectivity index (χ3v) is 2.71. The van der Waals surface area contributed by atoms with Gasteiger partial charge in [0.1, 0.15) is 0 Å². The maximum Gasteiger partial charge on any atom is -0.00328 e. The lowest BCUT2D eigenvalue weighted by Gasteiger charge is -1.95. The smallest absolute Gasteiger partial charge is 0.00328 e. The van der Waals surface area contributed by atoms with Crippen molar-refractivity contribution >= 4 is 11.8 Å². The molecule has 0 aromatic heterocycles. The lowest BCUT2D eigenvalue weighted by atomic mass is 10.3. The monoisotopic (exact) mass is 198 g/mol. The van der Waals surface area contributed by atoms with Crippen molar-refractivity contribution in [3.63, 3.8) is 0 Å². The van der Waals surface area contributed by atoms with Gasteiger partial charge in [0.25, 0.3) is 0 Å². The molecule has 0 saturated carbocycles. The van der Waals surface area contributed by atoms with E-state index in [1.54, 1.807) is 0 Å². The Morgan fingerprint density at radius 2 is 1.23 bits per heavy atom. The Hall–Kier alpha value is -0.170. The van der Waals surface area contributed by atoms with Gasteiger partial charge in [-0.3, -0.25) is 0 Å². The lowest BCUT2D eigenvalue weighted by molar-refractivity contribution is 1.15. The number of thioether (sulfide) groups is 1. The summed E-state index contributed by atoms with van der Waals surface area (Å²) in [6.45, 7) is 4.36. The van der Waals surface area contributed by atoms with Gasteiger partial charge in [-0.2, -0.15) is 11.8 Å². The van der Waals surface area contributed by atoms with Crippen molar-refractivity contribution in [2.45, 2.75) is 39.5 Å². The van der Waals surface area contributed by atoms with E-state index in [0.29, 0.717) is 0 Å². The zero-order valence-electron chi connectivity index (χ0n) is 8.96. The van der Waals surface area contributed by atoms with Crippen LogP contribution in [0.2, 0.25) is 0 Å². The predicted molar refractivity (Wildman–Crippen MR) is 65.4 cm³/mol. The molecule has 76 valence electrons. The minimum Gasteiger partial charge on any atom is -0.161 e. The van der Waals surface area contributed by atoms with Gasteiger partial charge in [-0.05, 0) is 37.2 Å². The summed E-state index contributed by atoms with van der Waals surface area (Å²) in [6.07, 6.45) is 13.9. The van der Waals surface area contributed by atoms with E-state index in [0.717, 1.165) is 0 Å². The van der Waals surface area contributed by atoms with Crippen molar-refractivity contribution in [2.75, 3.05) is 11.5 Å². The number of rotatable bonds is 8. The molecular weight excluding hydrogens is 176 g/mol. The molecule has 0 saturated heterocycles. The Morgan fingerprint density at radius 1 is 0.769 bits per heavy atom. The third-order valence-electron chi connectivity index (χ3n) is 1.66. The molecule has 0 unspecified atom stereocenters. The van der Waals surface area contributed by atoms with Crippen LogP contribution in [0, 0.1) is 0 Å². The summed E-state index contributed by atoms with van der Waals surface area (Å²) in [5.74, 6) is 2.55. The van der Waals surface area contributed by atoms with Gasteiger partial charge in [-0.15, -0.1) is 0 Å². The van der Waals surface area contributed by atoms with Crippen LogP contribution < -0.4 is 0 Å². The van der Waals surface area contributed by atoms with Gasteiger partial charge >= 0.3 is 0 Å². The summed E-state index contributed by atoms with van der Waals surface area (Å²) >= 11 is 2.05. The van der Waals surface area contributed by atoms with Crippen LogP contribution in [-0.4, -0.2) is 11.5 Å². The first kappa shape index (κ1) is 12.8. The van der Waals surface area contributed by atoms with E-state index in [-0.39, 0.29) is 0 Å². The van der Waals surface area contributed by atoms with Crippen LogP contribution in [0.5, 0.6) is 0 Å². The van der Waals surface area contributed by atoms with Crippen LogP contribution in [0.4, 0.5) is 0 Å². The fraction of sp³-hybridized carbons (Fsp3) is 0.667. The molecule has 0 heterocycles. The molecular formula is C12H22S. The second-order valence-electron chi connectivity index (χ2n) is 2.95. The Kier molecular flexibility index (Phi) is 11.7. The fourth-order valence-electron chi connectivity index (χ4n) is 0.974. The van der Waals surface area contributed by atoms with Crippen LogP contribution >= 0.6 is 11.8 Å². The van der Waals surface area contributed by atoms with Crippen LogP contribution in [-0.2, 0) is 0 Å². The van der Waals surface area contributed by atoms with Gasteiger partial charge in [-0.1, -0.05) is 38.2 Å². The van der Waals surface area contributed by atoms with Crippen molar-refractivity contribution in [1.29, 1.82) is 0 Å². The summed E-state index contributed by atoms with van der Waals surface area (Å²) in [4.78, 5) is 0. The maximum absolute atomic E-state index is 2.29. The highest BCUT2D eigenvalue weighted by Crippen LogP contribution is 2.05. The molecule has 0 spiro atoms. The fourth-order valence-corrected chi connectivity index (χ4v) is 1.78. The molecule has 0 nitrogen and oxygen atoms in total. The van der Waals surface area contributed by atoms with Crippen LogP contribution in [0.15, 0.2) is 24.3 Å². The van der Waals surface area contributed by atoms with Gasteiger partial charge in [0, 0.05) is 0 Å². The molecule has 0 aliphatic rings. The van der Waals surface area contributed by atoms with Crippen molar-refractivity contribution in [1.82, 2.24) is 0 Å². The highest BCUT2D eigenvalue weighted by atomic mass is 32.2. The normalized spacial score (nSPS) is 11.8. The zero-order chi connectivity index (χ0) is 9.78. The average Bonchev–Trinajstić information content (AvgIpc) is 2.16. The standard InChI is InChI=1S/C12H22S/c1-3-5-7-9-11-13-12-10-8-6-4-2/h5-8H,3-4,9-12H2,1-2H3. The van der Waals surface area contributed by atoms with E-state index in [1.165, 1.54) is 37.2 Å². The van der Waals surface area contributed by atoms with Crippen molar-refractivity contribution in [3.8, 4) is 0 Å². The predicted octanol–water partition coefficient (Wildman–Crippen LogP) is 4.43. The Balaban J connectivity index is 2.99. The molecule has 0 atom stereocenters. The van der Waals surface area contributed by atoms with E-state index in [4.69, 9.17) is 0 Å². The highest BCUT2D eigenvalue weighted by Gasteiger charge is 1.84. The second kappa shape index (κ2) is 11.8. The van der Waals surface area contributed by atoms with E-state index < -0.39 is 0 Å². The molecule has 0 aromatic carbocycles. The SMILES string of the molecule is CCC=CCCSCCC=CCC. The first-order chi connectivity index (χ1) is 6.41. The van der Waals surface area contributed by atoms with Crippen molar-refractivity contribution < 1.29 is 0 Å². The highest BCUT2D eigenvalue weighted by molar-refractivity contribution is 7.99. The van der Waals surface area contributed by atoms with Gasteiger partial charge < -0.3 is 0 Å². The van der Waals surface area contributed by atoms with E-state index >= 15 is 0 Å². The lowest BCUT2D eigenvalue weighted by Crippen LogP contribution is -1.79. The minimum absolute atomic E-state index is 1.17. The summed E-state index contributed by atoms with van der Waals surface area (Å²) in [6, 6.07) is 0. The molecule has 0 amide bonds. The van der Waals surface area contributed by atoms with Crippen LogP contribution in [0.25, 0.3) is 0 Å². The molecule has 0 aliphatic carbocycles. The largest absolute Gasteiger partial charge is 0.161 e. The zero-order valence-corrected chi connectivity index (χ0v) is 9.78. The molecule has 0 bridgehead atoms. The number of allylic oxidation sites excluding steroid dienone is 4. The van der Waals surface area contributed by atoms with Crippen molar-refractivity contribution in [3.05, 3.63) is 24.3 Å². The van der Waals surface area contributed by atoms with E-state index in [1.807, 2.05) is 0 Å². The molecule has 0 fully saturated rings. The third kappa shape index (κ3) is 11.8. The van der Waals surface area contributed by atoms with E-state index in [2.05, 4.69) is 49.9 Å². The van der Waals surface area contributed by atoms with E-state index in [9.17, 15) is 0 Å². The Morgan fingerprint density at radius 3 is 1.62 bits per heavy atom. The molecule has 0 rings (SSSR count). The maximum atomic E-state index is 2.29. The summed E-state index contributed by atoms with van der Waals surface area (Å²) in [5.41, 5.74) is 0. The average molecular weight is 198 g/mol.